The predicted octanol–water partition coefficient (Wildman–Crippen LogP) is 4.24. The molecule has 0 aliphatic carbocycles. The molecule has 3 aromatic rings. The number of fused-ring (bicyclic) bond motifs is 1. The Hall–Kier alpha value is -3.32. The number of rotatable bonds is 5. The molecular formula is C22H20N2O4S. The first-order valence-electron chi connectivity index (χ1n) is 9.15. The minimum atomic E-state index is -0.253. The molecule has 4 rings (SSSR count). The highest BCUT2D eigenvalue weighted by molar-refractivity contribution is 7.12. The van der Waals surface area contributed by atoms with Crippen LogP contribution in [-0.4, -0.2) is 25.7 Å². The highest BCUT2D eigenvalue weighted by Gasteiger charge is 2.22. The average Bonchev–Trinajstić information content (AvgIpc) is 3.43. The molecule has 7 heteroatoms. The Balaban J connectivity index is 1.54. The van der Waals surface area contributed by atoms with Crippen LogP contribution in [0.2, 0.25) is 0 Å². The molecule has 1 aliphatic heterocycles. The summed E-state index contributed by atoms with van der Waals surface area (Å²) in [4.78, 5) is 27.8. The number of amides is 2. The van der Waals surface area contributed by atoms with Gasteiger partial charge in [0.15, 0.2) is 11.5 Å². The number of para-hydroxylation sites is 1. The van der Waals surface area contributed by atoms with Crippen LogP contribution in [0.1, 0.15) is 38.6 Å². The number of benzene rings is 2. The normalized spacial score (nSPS) is 13.0. The topological polar surface area (TPSA) is 67.9 Å². The van der Waals surface area contributed by atoms with E-state index in [-0.39, 0.29) is 24.6 Å². The molecule has 0 saturated heterocycles. The molecule has 1 N–H and O–H groups in total. The minimum Gasteiger partial charge on any atom is -0.454 e. The van der Waals surface area contributed by atoms with E-state index in [1.807, 2.05) is 42.6 Å². The van der Waals surface area contributed by atoms with Crippen molar-refractivity contribution in [3.63, 3.8) is 0 Å². The molecule has 0 fully saturated rings. The molecule has 2 amide bonds. The lowest BCUT2D eigenvalue weighted by Crippen LogP contribution is -2.31. The molecule has 1 atom stereocenters. The summed E-state index contributed by atoms with van der Waals surface area (Å²) < 4.78 is 10.7. The zero-order valence-corrected chi connectivity index (χ0v) is 16.9. The first-order valence-corrected chi connectivity index (χ1v) is 10.0. The van der Waals surface area contributed by atoms with Crippen LogP contribution in [0.15, 0.2) is 60.0 Å². The highest BCUT2D eigenvalue weighted by Crippen LogP contribution is 2.34. The molecule has 2 heterocycles. The Morgan fingerprint density at radius 1 is 1.07 bits per heavy atom. The van der Waals surface area contributed by atoms with Gasteiger partial charge in [0.1, 0.15) is 0 Å². The molecule has 2 aromatic carbocycles. The van der Waals surface area contributed by atoms with E-state index < -0.39 is 0 Å². The van der Waals surface area contributed by atoms with E-state index in [0.29, 0.717) is 27.6 Å². The van der Waals surface area contributed by atoms with Crippen LogP contribution >= 0.6 is 11.3 Å². The van der Waals surface area contributed by atoms with Crippen molar-refractivity contribution >= 4 is 28.8 Å². The number of hydrogen-bond donors (Lipinski definition) is 1. The van der Waals surface area contributed by atoms with Gasteiger partial charge in [0.25, 0.3) is 11.8 Å². The predicted molar refractivity (Wildman–Crippen MR) is 112 cm³/mol. The summed E-state index contributed by atoms with van der Waals surface area (Å²) in [5.41, 5.74) is 1.90. The number of hydrogen-bond acceptors (Lipinski definition) is 5. The van der Waals surface area contributed by atoms with Crippen LogP contribution in [0.25, 0.3) is 0 Å². The molecule has 1 unspecified atom stereocenters. The van der Waals surface area contributed by atoms with Gasteiger partial charge in [-0.3, -0.25) is 9.59 Å². The van der Waals surface area contributed by atoms with E-state index in [1.165, 1.54) is 16.2 Å². The summed E-state index contributed by atoms with van der Waals surface area (Å²) in [7, 11) is 1.68. The molecule has 0 bridgehead atoms. The molecule has 1 aromatic heterocycles. The van der Waals surface area contributed by atoms with Crippen LogP contribution in [0.3, 0.4) is 0 Å². The van der Waals surface area contributed by atoms with Gasteiger partial charge >= 0.3 is 0 Å². The fourth-order valence-corrected chi connectivity index (χ4v) is 3.87. The molecule has 29 heavy (non-hydrogen) atoms. The summed E-state index contributed by atoms with van der Waals surface area (Å²) in [5.74, 6) is 0.970. The standard InChI is InChI=1S/C22H20N2O4S/c1-14(15-9-10-18-19(12-15)28-13-27-18)23-21(25)16-6-3-4-7-17(16)24(2)22(26)20-8-5-11-29-20/h3-12,14H,13H2,1-2H3,(H,23,25). The van der Waals surface area contributed by atoms with Crippen molar-refractivity contribution in [3.8, 4) is 11.5 Å². The second kappa shape index (κ2) is 7.97. The number of carbonyl (C=O) groups excluding carboxylic acids is 2. The Morgan fingerprint density at radius 2 is 1.86 bits per heavy atom. The zero-order chi connectivity index (χ0) is 20.4. The number of nitrogens with zero attached hydrogens (tertiary/aromatic N) is 1. The quantitative estimate of drug-likeness (QED) is 0.686. The fourth-order valence-electron chi connectivity index (χ4n) is 3.17. The summed E-state index contributed by atoms with van der Waals surface area (Å²) in [5, 5.41) is 4.86. The van der Waals surface area contributed by atoms with Crippen molar-refractivity contribution in [2.24, 2.45) is 0 Å². The number of nitrogens with one attached hydrogen (secondary N) is 1. The van der Waals surface area contributed by atoms with Gasteiger partial charge in [0.2, 0.25) is 6.79 Å². The van der Waals surface area contributed by atoms with Crippen molar-refractivity contribution in [1.29, 1.82) is 0 Å². The van der Waals surface area contributed by atoms with Crippen molar-refractivity contribution in [1.82, 2.24) is 5.32 Å². The van der Waals surface area contributed by atoms with Crippen molar-refractivity contribution in [2.45, 2.75) is 13.0 Å². The summed E-state index contributed by atoms with van der Waals surface area (Å²) in [6, 6.07) is 16.0. The number of thiophene rings is 1. The maximum absolute atomic E-state index is 13.0. The first kappa shape index (κ1) is 19.0. The zero-order valence-electron chi connectivity index (χ0n) is 16.0. The van der Waals surface area contributed by atoms with Gasteiger partial charge in [-0.1, -0.05) is 24.3 Å². The van der Waals surface area contributed by atoms with Crippen molar-refractivity contribution in [3.05, 3.63) is 76.0 Å². The number of anilines is 1. The third-order valence-corrected chi connectivity index (χ3v) is 5.65. The smallest absolute Gasteiger partial charge is 0.268 e. The van der Waals surface area contributed by atoms with E-state index in [9.17, 15) is 9.59 Å². The summed E-state index contributed by atoms with van der Waals surface area (Å²) in [6.45, 7) is 2.11. The van der Waals surface area contributed by atoms with E-state index >= 15 is 0 Å². The molecular weight excluding hydrogens is 388 g/mol. The SMILES string of the molecule is CC(NC(=O)c1ccccc1N(C)C(=O)c1cccs1)c1ccc2c(c1)OCO2. The monoisotopic (exact) mass is 408 g/mol. The Kier molecular flexibility index (Phi) is 5.22. The van der Waals surface area contributed by atoms with Crippen molar-refractivity contribution < 1.29 is 19.1 Å². The maximum Gasteiger partial charge on any atom is 0.268 e. The van der Waals surface area contributed by atoms with E-state index in [0.717, 1.165) is 5.56 Å². The molecule has 148 valence electrons. The van der Waals surface area contributed by atoms with Gasteiger partial charge in [-0.05, 0) is 48.2 Å². The van der Waals surface area contributed by atoms with Gasteiger partial charge in [0.05, 0.1) is 22.2 Å². The lowest BCUT2D eigenvalue weighted by molar-refractivity contribution is 0.0940. The van der Waals surface area contributed by atoms with Gasteiger partial charge in [0, 0.05) is 7.05 Å². The minimum absolute atomic E-state index is 0.149. The van der Waals surface area contributed by atoms with E-state index in [2.05, 4.69) is 5.32 Å². The summed E-state index contributed by atoms with van der Waals surface area (Å²) >= 11 is 1.37. The molecule has 0 radical (unpaired) electrons. The Morgan fingerprint density at radius 3 is 2.66 bits per heavy atom. The van der Waals surface area contributed by atoms with Crippen LogP contribution in [0.4, 0.5) is 5.69 Å². The largest absolute Gasteiger partial charge is 0.454 e. The summed E-state index contributed by atoms with van der Waals surface area (Å²) in [6.07, 6.45) is 0. The first-order chi connectivity index (χ1) is 14.0. The van der Waals surface area contributed by atoms with Crippen LogP contribution < -0.4 is 19.7 Å². The lowest BCUT2D eigenvalue weighted by atomic mass is 10.1. The average molecular weight is 408 g/mol. The van der Waals surface area contributed by atoms with Crippen LogP contribution in [0, 0.1) is 0 Å². The third-order valence-electron chi connectivity index (χ3n) is 4.79. The van der Waals surface area contributed by atoms with E-state index in [1.54, 1.807) is 31.3 Å². The third kappa shape index (κ3) is 3.82. The van der Waals surface area contributed by atoms with Crippen LogP contribution in [0.5, 0.6) is 11.5 Å². The fraction of sp³-hybridized carbons (Fsp3) is 0.182. The van der Waals surface area contributed by atoms with E-state index in [4.69, 9.17) is 9.47 Å². The van der Waals surface area contributed by atoms with Crippen molar-refractivity contribution in [2.75, 3.05) is 18.7 Å². The van der Waals surface area contributed by atoms with Gasteiger partial charge in [-0.15, -0.1) is 11.3 Å². The van der Waals surface area contributed by atoms with Gasteiger partial charge < -0.3 is 19.7 Å². The number of ether oxygens (including phenoxy) is 2. The Labute approximate surface area is 172 Å². The molecule has 0 spiro atoms. The highest BCUT2D eigenvalue weighted by atomic mass is 32.1. The van der Waals surface area contributed by atoms with Crippen LogP contribution in [-0.2, 0) is 0 Å². The molecule has 1 aliphatic rings. The lowest BCUT2D eigenvalue weighted by Gasteiger charge is -2.21. The molecule has 6 nitrogen and oxygen atoms in total. The second-order valence-corrected chi connectivity index (χ2v) is 7.61. The van der Waals surface area contributed by atoms with Gasteiger partial charge in [-0.2, -0.15) is 0 Å². The Bertz CT molecular complexity index is 1050. The maximum atomic E-state index is 13.0. The number of carbonyl (C=O) groups is 2. The second-order valence-electron chi connectivity index (χ2n) is 6.67. The molecule has 0 saturated carbocycles. The van der Waals surface area contributed by atoms with Gasteiger partial charge in [-0.25, -0.2) is 0 Å².